The third-order valence-corrected chi connectivity index (χ3v) is 4.00. The minimum absolute atomic E-state index is 0.0164. The van der Waals surface area contributed by atoms with Crippen molar-refractivity contribution in [3.63, 3.8) is 0 Å². The maximum atomic E-state index is 12.3. The van der Waals surface area contributed by atoms with E-state index >= 15 is 0 Å². The van der Waals surface area contributed by atoms with Crippen LogP contribution in [0.5, 0.6) is 0 Å². The van der Waals surface area contributed by atoms with Crippen LogP contribution in [0.15, 0.2) is 0 Å². The molecule has 1 amide bonds. The van der Waals surface area contributed by atoms with E-state index < -0.39 is 5.54 Å². The lowest BCUT2D eigenvalue weighted by Gasteiger charge is -2.42. The monoisotopic (exact) mass is 254 g/mol. The highest BCUT2D eigenvalue weighted by molar-refractivity contribution is 5.87. The van der Waals surface area contributed by atoms with Gasteiger partial charge in [0.1, 0.15) is 0 Å². The fraction of sp³-hybridized carbons (Fsp3) is 0.846. The van der Waals surface area contributed by atoms with Gasteiger partial charge in [0.2, 0.25) is 5.91 Å². The van der Waals surface area contributed by atoms with Crippen LogP contribution in [0, 0.1) is 5.92 Å². The molecule has 1 atom stereocenters. The Kier molecular flexibility index (Phi) is 3.90. The summed E-state index contributed by atoms with van der Waals surface area (Å²) in [6, 6.07) is 0. The number of likely N-dealkylation sites (tertiary alicyclic amines) is 1. The first-order chi connectivity index (χ1) is 8.57. The molecule has 2 fully saturated rings. The first-order valence-electron chi connectivity index (χ1n) is 6.82. The molecule has 1 aliphatic heterocycles. The molecule has 0 aromatic carbocycles. The molecule has 2 rings (SSSR count). The van der Waals surface area contributed by atoms with Gasteiger partial charge >= 0.3 is 5.97 Å². The summed E-state index contributed by atoms with van der Waals surface area (Å²) < 4.78 is 5.03. The molecule has 0 bridgehead atoms. The van der Waals surface area contributed by atoms with Crippen LogP contribution in [-0.2, 0) is 14.3 Å². The molecule has 2 N–H and O–H groups in total. The van der Waals surface area contributed by atoms with E-state index in [1.54, 1.807) is 11.8 Å². The molecule has 5 heteroatoms. The van der Waals surface area contributed by atoms with Crippen molar-refractivity contribution < 1.29 is 14.3 Å². The zero-order valence-electron chi connectivity index (χ0n) is 11.0. The van der Waals surface area contributed by atoms with Crippen molar-refractivity contribution in [2.24, 2.45) is 11.7 Å². The van der Waals surface area contributed by atoms with E-state index in [4.69, 9.17) is 10.5 Å². The van der Waals surface area contributed by atoms with Gasteiger partial charge in [0.05, 0.1) is 18.1 Å². The van der Waals surface area contributed by atoms with Crippen molar-refractivity contribution in [1.29, 1.82) is 0 Å². The summed E-state index contributed by atoms with van der Waals surface area (Å²) in [7, 11) is 0. The number of ether oxygens (including phenoxy) is 1. The molecule has 1 heterocycles. The molecule has 18 heavy (non-hydrogen) atoms. The number of piperidine rings is 1. The molecule has 0 aromatic heterocycles. The lowest BCUT2D eigenvalue weighted by molar-refractivity contribution is -0.153. The van der Waals surface area contributed by atoms with Crippen LogP contribution in [0.2, 0.25) is 0 Å². The molecule has 5 nitrogen and oxygen atoms in total. The number of hydrogen-bond acceptors (Lipinski definition) is 4. The van der Waals surface area contributed by atoms with E-state index in [0.29, 0.717) is 19.7 Å². The van der Waals surface area contributed by atoms with Crippen LogP contribution in [0.3, 0.4) is 0 Å². The molecule has 1 saturated carbocycles. The van der Waals surface area contributed by atoms with Crippen molar-refractivity contribution >= 4 is 11.9 Å². The average Bonchev–Trinajstić information content (AvgIpc) is 2.35. The highest BCUT2D eigenvalue weighted by atomic mass is 16.5. The predicted molar refractivity (Wildman–Crippen MR) is 66.7 cm³/mol. The summed E-state index contributed by atoms with van der Waals surface area (Å²) in [6.07, 6.45) is 4.22. The highest BCUT2D eigenvalue weighted by Gasteiger charge is 2.44. The van der Waals surface area contributed by atoms with Crippen molar-refractivity contribution in [2.45, 2.75) is 44.6 Å². The fourth-order valence-corrected chi connectivity index (χ4v) is 2.70. The number of esters is 1. The van der Waals surface area contributed by atoms with Gasteiger partial charge in [-0.2, -0.15) is 0 Å². The Morgan fingerprint density at radius 1 is 1.39 bits per heavy atom. The smallest absolute Gasteiger partial charge is 0.310 e. The first kappa shape index (κ1) is 13.3. The highest BCUT2D eigenvalue weighted by Crippen LogP contribution is 2.32. The number of rotatable bonds is 3. The van der Waals surface area contributed by atoms with Gasteiger partial charge in [-0.25, -0.2) is 0 Å². The Hall–Kier alpha value is -1.10. The topological polar surface area (TPSA) is 72.6 Å². The van der Waals surface area contributed by atoms with E-state index in [0.717, 1.165) is 32.1 Å². The third-order valence-electron chi connectivity index (χ3n) is 4.00. The molecule has 1 saturated heterocycles. The third kappa shape index (κ3) is 2.51. The summed E-state index contributed by atoms with van der Waals surface area (Å²) in [5, 5.41) is 0. The van der Waals surface area contributed by atoms with E-state index in [2.05, 4.69) is 0 Å². The van der Waals surface area contributed by atoms with Crippen molar-refractivity contribution in [3.05, 3.63) is 0 Å². The van der Waals surface area contributed by atoms with Crippen LogP contribution in [0.1, 0.15) is 39.0 Å². The summed E-state index contributed by atoms with van der Waals surface area (Å²) in [4.78, 5) is 25.7. The quantitative estimate of drug-likeness (QED) is 0.751. The molecule has 102 valence electrons. The number of carbonyl (C=O) groups is 2. The SMILES string of the molecule is CCOC(=O)C1CCCN(C(=O)C2(N)CCC2)C1. The van der Waals surface area contributed by atoms with Crippen LogP contribution >= 0.6 is 0 Å². The lowest BCUT2D eigenvalue weighted by atomic mass is 9.76. The Labute approximate surface area is 108 Å². The summed E-state index contributed by atoms with van der Waals surface area (Å²) in [6.45, 7) is 3.38. The number of nitrogens with two attached hydrogens (primary N) is 1. The number of amides is 1. The molecular weight excluding hydrogens is 232 g/mol. The molecule has 1 aliphatic carbocycles. The Bertz CT molecular complexity index is 339. The van der Waals surface area contributed by atoms with Gasteiger partial charge in [-0.15, -0.1) is 0 Å². The largest absolute Gasteiger partial charge is 0.466 e. The van der Waals surface area contributed by atoms with Crippen LogP contribution in [0.25, 0.3) is 0 Å². The van der Waals surface area contributed by atoms with Gasteiger partial charge in [0.25, 0.3) is 0 Å². The van der Waals surface area contributed by atoms with E-state index in [1.807, 2.05) is 0 Å². The zero-order chi connectivity index (χ0) is 13.2. The Morgan fingerprint density at radius 2 is 2.11 bits per heavy atom. The van der Waals surface area contributed by atoms with Crippen molar-refractivity contribution in [2.75, 3.05) is 19.7 Å². The Morgan fingerprint density at radius 3 is 2.67 bits per heavy atom. The molecular formula is C13H22N2O3. The average molecular weight is 254 g/mol. The van der Waals surface area contributed by atoms with Crippen molar-refractivity contribution in [3.8, 4) is 0 Å². The van der Waals surface area contributed by atoms with Gasteiger partial charge in [-0.3, -0.25) is 9.59 Å². The van der Waals surface area contributed by atoms with Gasteiger partial charge < -0.3 is 15.4 Å². The number of carbonyl (C=O) groups excluding carboxylic acids is 2. The van der Waals surface area contributed by atoms with Crippen molar-refractivity contribution in [1.82, 2.24) is 4.90 Å². The molecule has 0 spiro atoms. The minimum Gasteiger partial charge on any atom is -0.466 e. The summed E-state index contributed by atoms with van der Waals surface area (Å²) in [5.74, 6) is -0.344. The molecule has 0 aromatic rings. The first-order valence-corrected chi connectivity index (χ1v) is 6.82. The molecule has 0 radical (unpaired) electrons. The van der Waals surface area contributed by atoms with Crippen LogP contribution in [0.4, 0.5) is 0 Å². The van der Waals surface area contributed by atoms with Gasteiger partial charge in [-0.1, -0.05) is 0 Å². The number of hydrogen-bond donors (Lipinski definition) is 1. The normalized spacial score (nSPS) is 26.3. The second-order valence-electron chi connectivity index (χ2n) is 5.35. The standard InChI is InChI=1S/C13H22N2O3/c1-2-18-11(16)10-5-3-8-15(9-10)12(17)13(14)6-4-7-13/h10H,2-9,14H2,1H3. The fourth-order valence-electron chi connectivity index (χ4n) is 2.70. The molecule has 2 aliphatic rings. The molecule has 1 unspecified atom stereocenters. The van der Waals surface area contributed by atoms with Gasteiger partial charge in [0.15, 0.2) is 0 Å². The lowest BCUT2D eigenvalue weighted by Crippen LogP contribution is -2.61. The van der Waals surface area contributed by atoms with Gasteiger partial charge in [-0.05, 0) is 39.0 Å². The van der Waals surface area contributed by atoms with Crippen LogP contribution in [-0.4, -0.2) is 42.0 Å². The number of nitrogens with zero attached hydrogens (tertiary/aromatic N) is 1. The summed E-state index contributed by atoms with van der Waals surface area (Å²) >= 11 is 0. The zero-order valence-corrected chi connectivity index (χ0v) is 11.0. The van der Waals surface area contributed by atoms with E-state index in [1.165, 1.54) is 0 Å². The van der Waals surface area contributed by atoms with Crippen LogP contribution < -0.4 is 5.73 Å². The summed E-state index contributed by atoms with van der Waals surface area (Å²) in [5.41, 5.74) is 5.39. The maximum absolute atomic E-state index is 12.3. The Balaban J connectivity index is 1.94. The second kappa shape index (κ2) is 5.26. The van der Waals surface area contributed by atoms with E-state index in [-0.39, 0.29) is 17.8 Å². The van der Waals surface area contributed by atoms with E-state index in [9.17, 15) is 9.59 Å². The predicted octanol–water partition coefficient (Wildman–Crippen LogP) is 0.669. The van der Waals surface area contributed by atoms with Gasteiger partial charge in [0, 0.05) is 13.1 Å². The maximum Gasteiger partial charge on any atom is 0.310 e. The second-order valence-corrected chi connectivity index (χ2v) is 5.35. The minimum atomic E-state index is -0.656.